The molecule has 6 nitrogen and oxygen atoms in total. The summed E-state index contributed by atoms with van der Waals surface area (Å²) in [6.45, 7) is 7.64. The van der Waals surface area contributed by atoms with Gasteiger partial charge in [0, 0.05) is 0 Å². The molecule has 1 atom stereocenters. The molecule has 0 radical (unpaired) electrons. The van der Waals surface area contributed by atoms with Crippen molar-refractivity contribution in [2.45, 2.75) is 19.9 Å². The standard InChI is InChI=1S/C26H23FN2O4S/c1-4-14-33-20-12-6-17(7-13-20)15-21-24(30)29-23(18-8-10-19(27)11-9-18)22(25(31)32-5-2)16(3)28-26(29)34-21/h4,6-13,15,23H,1,5,14H2,2-3H3/b21-15-/t23-/m0/s1. The fourth-order valence-electron chi connectivity index (χ4n) is 3.72. The molecule has 0 N–H and O–H groups in total. The summed E-state index contributed by atoms with van der Waals surface area (Å²) in [5, 5.41) is 0. The largest absolute Gasteiger partial charge is 0.490 e. The lowest BCUT2D eigenvalue weighted by molar-refractivity contribution is -0.139. The quantitative estimate of drug-likeness (QED) is 0.385. The van der Waals surface area contributed by atoms with Crippen LogP contribution < -0.4 is 19.6 Å². The molecular formula is C26H23FN2O4S. The van der Waals surface area contributed by atoms with Gasteiger partial charge in [-0.3, -0.25) is 9.36 Å². The fraction of sp³-hybridized carbons (Fsp3) is 0.192. The van der Waals surface area contributed by atoms with Crippen LogP contribution in [-0.2, 0) is 9.53 Å². The van der Waals surface area contributed by atoms with Gasteiger partial charge in [-0.25, -0.2) is 14.2 Å². The third-order valence-corrected chi connectivity index (χ3v) is 6.23. The van der Waals surface area contributed by atoms with E-state index in [2.05, 4.69) is 11.6 Å². The molecule has 0 bridgehead atoms. The molecule has 0 unspecified atom stereocenters. The van der Waals surface area contributed by atoms with Gasteiger partial charge in [-0.2, -0.15) is 0 Å². The third kappa shape index (κ3) is 4.63. The van der Waals surface area contributed by atoms with Crippen LogP contribution in [0.4, 0.5) is 4.39 Å². The van der Waals surface area contributed by atoms with Crippen molar-refractivity contribution < 1.29 is 18.7 Å². The van der Waals surface area contributed by atoms with E-state index in [1.165, 1.54) is 28.0 Å². The van der Waals surface area contributed by atoms with Gasteiger partial charge in [0.1, 0.15) is 18.2 Å². The maximum atomic E-state index is 13.6. The maximum absolute atomic E-state index is 13.6. The highest BCUT2D eigenvalue weighted by Gasteiger charge is 2.33. The van der Waals surface area contributed by atoms with Crippen molar-refractivity contribution >= 4 is 23.4 Å². The predicted octanol–water partition coefficient (Wildman–Crippen LogP) is 3.50. The van der Waals surface area contributed by atoms with Crippen molar-refractivity contribution in [1.29, 1.82) is 0 Å². The summed E-state index contributed by atoms with van der Waals surface area (Å²) in [6, 6.07) is 12.3. The second kappa shape index (κ2) is 10.0. The van der Waals surface area contributed by atoms with Crippen molar-refractivity contribution in [3.63, 3.8) is 0 Å². The lowest BCUT2D eigenvalue weighted by Gasteiger charge is -2.24. The van der Waals surface area contributed by atoms with Crippen LogP contribution in [0.25, 0.3) is 6.08 Å². The number of rotatable bonds is 7. The monoisotopic (exact) mass is 478 g/mol. The number of allylic oxidation sites excluding steroid dienone is 1. The molecule has 0 fully saturated rings. The number of benzene rings is 2. The van der Waals surface area contributed by atoms with Crippen LogP contribution in [0.2, 0.25) is 0 Å². The number of esters is 1. The Morgan fingerprint density at radius 3 is 2.56 bits per heavy atom. The molecule has 3 aromatic rings. The number of carbonyl (C=O) groups excluding carboxylic acids is 1. The minimum Gasteiger partial charge on any atom is -0.490 e. The van der Waals surface area contributed by atoms with Crippen molar-refractivity contribution in [3.8, 4) is 5.75 Å². The first-order valence-electron chi connectivity index (χ1n) is 10.7. The van der Waals surface area contributed by atoms with E-state index in [9.17, 15) is 14.0 Å². The number of fused-ring (bicyclic) bond motifs is 1. The average molecular weight is 479 g/mol. The molecule has 0 spiro atoms. The number of hydrogen-bond acceptors (Lipinski definition) is 6. The summed E-state index contributed by atoms with van der Waals surface area (Å²) in [7, 11) is 0. The Bertz CT molecular complexity index is 1430. The van der Waals surface area contributed by atoms with Gasteiger partial charge < -0.3 is 9.47 Å². The molecule has 34 heavy (non-hydrogen) atoms. The Morgan fingerprint density at radius 1 is 1.21 bits per heavy atom. The number of nitrogens with zero attached hydrogens (tertiary/aromatic N) is 2. The molecule has 174 valence electrons. The lowest BCUT2D eigenvalue weighted by atomic mass is 9.96. The van der Waals surface area contributed by atoms with E-state index >= 15 is 0 Å². The summed E-state index contributed by atoms with van der Waals surface area (Å²) < 4.78 is 26.3. The third-order valence-electron chi connectivity index (χ3n) is 5.25. The van der Waals surface area contributed by atoms with E-state index in [1.807, 2.05) is 24.3 Å². The van der Waals surface area contributed by atoms with Crippen LogP contribution in [0.15, 0.2) is 82.2 Å². The molecule has 2 aromatic carbocycles. The van der Waals surface area contributed by atoms with E-state index in [1.54, 1.807) is 38.1 Å². The summed E-state index contributed by atoms with van der Waals surface area (Å²) in [5.74, 6) is -0.262. The van der Waals surface area contributed by atoms with Gasteiger partial charge in [0.25, 0.3) is 5.56 Å². The molecule has 0 saturated carbocycles. The number of halogens is 1. The topological polar surface area (TPSA) is 69.9 Å². The van der Waals surface area contributed by atoms with Crippen molar-refractivity contribution in [3.05, 3.63) is 109 Å². The zero-order valence-electron chi connectivity index (χ0n) is 18.8. The van der Waals surface area contributed by atoms with Crippen molar-refractivity contribution in [2.24, 2.45) is 4.99 Å². The SMILES string of the molecule is C=CCOc1ccc(/C=c2\sc3n(c2=O)[C@@H](c2ccc(F)cc2)C(C(=O)OCC)=C(C)N=3)cc1. The zero-order chi connectivity index (χ0) is 24.2. The van der Waals surface area contributed by atoms with E-state index in [-0.39, 0.29) is 17.7 Å². The highest BCUT2D eigenvalue weighted by atomic mass is 32.1. The highest BCUT2D eigenvalue weighted by Crippen LogP contribution is 2.30. The summed E-state index contributed by atoms with van der Waals surface area (Å²) in [4.78, 5) is 31.3. The highest BCUT2D eigenvalue weighted by molar-refractivity contribution is 7.07. The Labute approximate surface area is 199 Å². The molecule has 0 amide bonds. The molecule has 0 saturated heterocycles. The zero-order valence-corrected chi connectivity index (χ0v) is 19.6. The van der Waals surface area contributed by atoms with E-state index in [4.69, 9.17) is 9.47 Å². The van der Waals surface area contributed by atoms with E-state index < -0.39 is 17.8 Å². The van der Waals surface area contributed by atoms with Gasteiger partial charge in [-0.1, -0.05) is 48.3 Å². The molecule has 4 rings (SSSR count). The molecular weight excluding hydrogens is 455 g/mol. The molecule has 8 heteroatoms. The molecule has 1 aliphatic rings. The van der Waals surface area contributed by atoms with E-state index in [0.717, 1.165) is 5.56 Å². The Morgan fingerprint density at radius 2 is 1.91 bits per heavy atom. The molecule has 1 aliphatic heterocycles. The summed E-state index contributed by atoms with van der Waals surface area (Å²) in [5.41, 5.74) is 1.84. The first-order chi connectivity index (χ1) is 16.4. The lowest BCUT2D eigenvalue weighted by Crippen LogP contribution is -2.39. The number of thiazole rings is 1. The normalized spacial score (nSPS) is 15.5. The van der Waals surface area contributed by atoms with E-state index in [0.29, 0.717) is 33.0 Å². The van der Waals surface area contributed by atoms with Gasteiger partial charge in [0.05, 0.1) is 28.5 Å². The number of aromatic nitrogens is 1. The molecule has 0 aliphatic carbocycles. The Balaban J connectivity index is 1.84. The number of carbonyl (C=O) groups is 1. The summed E-state index contributed by atoms with van der Waals surface area (Å²) >= 11 is 1.23. The predicted molar refractivity (Wildman–Crippen MR) is 129 cm³/mol. The fourth-order valence-corrected chi connectivity index (χ4v) is 4.77. The Kier molecular flexibility index (Phi) is 6.88. The maximum Gasteiger partial charge on any atom is 0.338 e. The first kappa shape index (κ1) is 23.4. The van der Waals surface area contributed by atoms with Crippen LogP contribution in [0.5, 0.6) is 5.75 Å². The average Bonchev–Trinajstić information content (AvgIpc) is 3.12. The van der Waals surface area contributed by atoms with Gasteiger partial charge in [-0.05, 0) is 55.3 Å². The van der Waals surface area contributed by atoms with Gasteiger partial charge in [0.2, 0.25) is 0 Å². The first-order valence-corrected chi connectivity index (χ1v) is 11.5. The van der Waals surface area contributed by atoms with Gasteiger partial charge in [0.15, 0.2) is 4.80 Å². The number of ether oxygens (including phenoxy) is 2. The smallest absolute Gasteiger partial charge is 0.338 e. The van der Waals surface area contributed by atoms with Gasteiger partial charge >= 0.3 is 5.97 Å². The second-order valence-electron chi connectivity index (χ2n) is 7.52. The molecule has 1 aromatic heterocycles. The van der Waals surface area contributed by atoms with Gasteiger partial charge in [-0.15, -0.1) is 0 Å². The minimum absolute atomic E-state index is 0.183. The summed E-state index contributed by atoms with van der Waals surface area (Å²) in [6.07, 6.45) is 3.44. The van der Waals surface area contributed by atoms with Crippen LogP contribution in [-0.4, -0.2) is 23.8 Å². The Hall–Kier alpha value is -3.78. The number of hydrogen-bond donors (Lipinski definition) is 0. The van der Waals surface area contributed by atoms with Crippen LogP contribution >= 0.6 is 11.3 Å². The molecule has 2 heterocycles. The van der Waals surface area contributed by atoms with Crippen LogP contribution in [0.3, 0.4) is 0 Å². The minimum atomic E-state index is -0.771. The van der Waals surface area contributed by atoms with Crippen LogP contribution in [0, 0.1) is 5.82 Å². The second-order valence-corrected chi connectivity index (χ2v) is 8.53. The van der Waals surface area contributed by atoms with Crippen LogP contribution in [0.1, 0.15) is 31.0 Å². The van der Waals surface area contributed by atoms with Crippen molar-refractivity contribution in [2.75, 3.05) is 13.2 Å². The van der Waals surface area contributed by atoms with Crippen molar-refractivity contribution in [1.82, 2.24) is 4.57 Å².